The van der Waals surface area contributed by atoms with E-state index in [1.165, 1.54) is 11.9 Å². The molecule has 0 aromatic heterocycles. The average molecular weight is 401 g/mol. The number of carbonyl (C=O) groups is 1. The van der Waals surface area contributed by atoms with E-state index in [1.807, 2.05) is 30.3 Å². The molecule has 148 valence electrons. The summed E-state index contributed by atoms with van der Waals surface area (Å²) in [5.74, 6) is 0.586. The summed E-state index contributed by atoms with van der Waals surface area (Å²) in [4.78, 5) is 12.1. The number of hydrogen-bond donors (Lipinski definition) is 1. The number of nitrogens with one attached hydrogen (secondary N) is 1. The summed E-state index contributed by atoms with van der Waals surface area (Å²) in [7, 11) is -1.76. The van der Waals surface area contributed by atoms with Crippen molar-refractivity contribution in [1.82, 2.24) is 5.01 Å². The molecular formula is C20H23N3O4S. The first-order chi connectivity index (χ1) is 13.3. The first-order valence-corrected chi connectivity index (χ1v) is 10.6. The molecule has 1 aliphatic heterocycles. The van der Waals surface area contributed by atoms with Crippen molar-refractivity contribution in [2.45, 2.75) is 26.3 Å². The van der Waals surface area contributed by atoms with E-state index in [-0.39, 0.29) is 17.7 Å². The summed E-state index contributed by atoms with van der Waals surface area (Å²) >= 11 is 0. The van der Waals surface area contributed by atoms with Gasteiger partial charge in [0, 0.05) is 19.0 Å². The van der Waals surface area contributed by atoms with Crippen molar-refractivity contribution >= 4 is 27.3 Å². The van der Waals surface area contributed by atoms with Crippen molar-refractivity contribution in [3.05, 3.63) is 59.7 Å². The third-order valence-corrected chi connectivity index (χ3v) is 5.89. The van der Waals surface area contributed by atoms with E-state index in [9.17, 15) is 13.2 Å². The molecule has 7 nitrogen and oxygen atoms in total. The summed E-state index contributed by atoms with van der Waals surface area (Å²) in [6, 6.07) is 14.4. The van der Waals surface area contributed by atoms with Crippen LogP contribution in [-0.4, -0.2) is 37.9 Å². The molecule has 1 atom stereocenters. The second kappa shape index (κ2) is 8.02. The maximum absolute atomic E-state index is 12.1. The van der Waals surface area contributed by atoms with Crippen molar-refractivity contribution in [3.8, 4) is 5.75 Å². The Morgan fingerprint density at radius 1 is 1.25 bits per heavy atom. The van der Waals surface area contributed by atoms with E-state index in [2.05, 4.69) is 9.82 Å². The van der Waals surface area contributed by atoms with Crippen molar-refractivity contribution in [2.75, 3.05) is 17.6 Å². The van der Waals surface area contributed by atoms with Crippen LogP contribution in [0.1, 0.15) is 37.4 Å². The smallest absolute Gasteiger partial charge is 0.240 e. The lowest BCUT2D eigenvalue weighted by atomic mass is 9.98. The molecule has 28 heavy (non-hydrogen) atoms. The Kier molecular flexibility index (Phi) is 5.69. The fraction of sp³-hybridized carbons (Fsp3) is 0.300. The van der Waals surface area contributed by atoms with Gasteiger partial charge in [0.1, 0.15) is 5.75 Å². The van der Waals surface area contributed by atoms with Crippen LogP contribution in [0.3, 0.4) is 0 Å². The molecule has 1 aliphatic rings. The molecule has 1 N–H and O–H groups in total. The van der Waals surface area contributed by atoms with Gasteiger partial charge in [0.2, 0.25) is 15.9 Å². The number of rotatable bonds is 6. The van der Waals surface area contributed by atoms with Crippen LogP contribution in [-0.2, 0) is 14.8 Å². The van der Waals surface area contributed by atoms with Crippen LogP contribution in [0.4, 0.5) is 5.69 Å². The fourth-order valence-corrected chi connectivity index (χ4v) is 3.71. The van der Waals surface area contributed by atoms with Gasteiger partial charge in [-0.25, -0.2) is 13.4 Å². The van der Waals surface area contributed by atoms with Crippen molar-refractivity contribution < 1.29 is 17.9 Å². The molecule has 3 rings (SSSR count). The topological polar surface area (TPSA) is 88.1 Å². The first-order valence-electron chi connectivity index (χ1n) is 8.95. The van der Waals surface area contributed by atoms with Gasteiger partial charge in [-0.2, -0.15) is 5.10 Å². The maximum atomic E-state index is 12.1. The monoisotopic (exact) mass is 401 g/mol. The number of carbonyl (C=O) groups excluding carboxylic acids is 1. The van der Waals surface area contributed by atoms with Gasteiger partial charge in [-0.1, -0.05) is 24.3 Å². The lowest BCUT2D eigenvalue weighted by Gasteiger charge is -2.20. The minimum atomic E-state index is -3.36. The van der Waals surface area contributed by atoms with Gasteiger partial charge in [0.05, 0.1) is 24.6 Å². The number of hydrogen-bond acceptors (Lipinski definition) is 5. The number of hydrazone groups is 1. The first kappa shape index (κ1) is 19.9. The number of amides is 1. The van der Waals surface area contributed by atoms with E-state index < -0.39 is 10.0 Å². The lowest BCUT2D eigenvalue weighted by molar-refractivity contribution is -0.130. The van der Waals surface area contributed by atoms with Gasteiger partial charge in [0.25, 0.3) is 0 Å². The average Bonchev–Trinajstić information content (AvgIpc) is 3.14. The fourth-order valence-electron chi connectivity index (χ4n) is 3.07. The summed E-state index contributed by atoms with van der Waals surface area (Å²) in [6.45, 7) is 3.06. The number of methoxy groups -OCH3 is 1. The maximum Gasteiger partial charge on any atom is 0.240 e. The van der Waals surface area contributed by atoms with Gasteiger partial charge in [-0.15, -0.1) is 0 Å². The van der Waals surface area contributed by atoms with E-state index >= 15 is 0 Å². The van der Waals surface area contributed by atoms with E-state index in [1.54, 1.807) is 32.2 Å². The molecular weight excluding hydrogens is 378 g/mol. The highest BCUT2D eigenvalue weighted by Gasteiger charge is 2.31. The van der Waals surface area contributed by atoms with Gasteiger partial charge >= 0.3 is 0 Å². The predicted octanol–water partition coefficient (Wildman–Crippen LogP) is 3.15. The van der Waals surface area contributed by atoms with Crippen LogP contribution < -0.4 is 9.46 Å². The molecule has 0 aliphatic carbocycles. The molecule has 2 aromatic carbocycles. The quantitative estimate of drug-likeness (QED) is 0.805. The third kappa shape index (κ3) is 4.33. The van der Waals surface area contributed by atoms with E-state index in [4.69, 9.17) is 4.74 Å². The van der Waals surface area contributed by atoms with Gasteiger partial charge < -0.3 is 4.74 Å². The summed E-state index contributed by atoms with van der Waals surface area (Å²) < 4.78 is 31.4. The summed E-state index contributed by atoms with van der Waals surface area (Å²) in [5.41, 5.74) is 2.94. The van der Waals surface area contributed by atoms with Crippen LogP contribution >= 0.6 is 0 Å². The van der Waals surface area contributed by atoms with Crippen molar-refractivity contribution in [1.29, 1.82) is 0 Å². The Morgan fingerprint density at radius 2 is 1.96 bits per heavy atom. The minimum Gasteiger partial charge on any atom is -0.497 e. The molecule has 0 fully saturated rings. The Labute approximate surface area is 165 Å². The third-order valence-electron chi connectivity index (χ3n) is 4.58. The second-order valence-electron chi connectivity index (χ2n) is 6.49. The van der Waals surface area contributed by atoms with Crippen molar-refractivity contribution in [3.63, 3.8) is 0 Å². The Bertz CT molecular complexity index is 1000. The zero-order valence-corrected chi connectivity index (χ0v) is 16.9. The number of ether oxygens (including phenoxy) is 1. The van der Waals surface area contributed by atoms with Crippen LogP contribution in [0.15, 0.2) is 53.6 Å². The molecule has 0 radical (unpaired) electrons. The zero-order chi connectivity index (χ0) is 20.3. The normalized spacial score (nSPS) is 16.6. The molecule has 0 bridgehead atoms. The Morgan fingerprint density at radius 3 is 2.57 bits per heavy atom. The molecule has 0 saturated heterocycles. The number of nitrogens with zero attached hydrogens (tertiary/aromatic N) is 2. The largest absolute Gasteiger partial charge is 0.497 e. The molecule has 0 spiro atoms. The zero-order valence-electron chi connectivity index (χ0n) is 16.0. The van der Waals surface area contributed by atoms with Gasteiger partial charge in [-0.05, 0) is 42.3 Å². The van der Waals surface area contributed by atoms with E-state index in [0.29, 0.717) is 12.1 Å². The SMILES string of the molecule is CCS(=O)(=O)Nc1cccc(C2=NN(C(C)=O)[C@H](c3ccc(OC)cc3)C2)c1. The number of anilines is 1. The standard InChI is InChI=1S/C20H23N3O4S/c1-4-28(25,26)22-17-7-5-6-16(12-17)19-13-20(23(21-19)14(2)24)15-8-10-18(27-3)11-9-15/h5-12,20,22H,4,13H2,1-3H3/t20-/m0/s1. The van der Waals surface area contributed by atoms with Crippen LogP contribution in [0.25, 0.3) is 0 Å². The minimum absolute atomic E-state index is 0.00413. The predicted molar refractivity (Wildman–Crippen MR) is 109 cm³/mol. The molecule has 1 heterocycles. The van der Waals surface area contributed by atoms with Crippen LogP contribution in [0.2, 0.25) is 0 Å². The molecule has 1 amide bonds. The van der Waals surface area contributed by atoms with Crippen LogP contribution in [0, 0.1) is 0 Å². The van der Waals surface area contributed by atoms with Gasteiger partial charge in [-0.3, -0.25) is 9.52 Å². The summed E-state index contributed by atoms with van der Waals surface area (Å²) in [6.07, 6.45) is 0.538. The number of sulfonamides is 1. The Hall–Kier alpha value is -2.87. The molecule has 0 unspecified atom stereocenters. The Balaban J connectivity index is 1.88. The molecule has 2 aromatic rings. The number of benzene rings is 2. The van der Waals surface area contributed by atoms with Crippen LogP contribution in [0.5, 0.6) is 5.75 Å². The van der Waals surface area contributed by atoms with Gasteiger partial charge in [0.15, 0.2) is 0 Å². The highest BCUT2D eigenvalue weighted by atomic mass is 32.2. The highest BCUT2D eigenvalue weighted by molar-refractivity contribution is 7.92. The highest BCUT2D eigenvalue weighted by Crippen LogP contribution is 2.34. The molecule has 8 heteroatoms. The second-order valence-corrected chi connectivity index (χ2v) is 8.50. The summed E-state index contributed by atoms with van der Waals surface area (Å²) in [5, 5.41) is 5.98. The molecule has 0 saturated carbocycles. The van der Waals surface area contributed by atoms with E-state index in [0.717, 1.165) is 22.6 Å². The lowest BCUT2D eigenvalue weighted by Crippen LogP contribution is -2.24. The van der Waals surface area contributed by atoms with Crippen molar-refractivity contribution in [2.24, 2.45) is 5.10 Å².